The number of carbonyl (C=O) groups is 1. The normalized spacial score (nSPS) is 14.4. The first-order valence-electron chi connectivity index (χ1n) is 7.80. The zero-order valence-corrected chi connectivity index (χ0v) is 14.0. The first-order chi connectivity index (χ1) is 12.1. The topological polar surface area (TPSA) is 99.4 Å². The van der Waals surface area contributed by atoms with Crippen molar-refractivity contribution >= 4 is 17.3 Å². The summed E-state index contributed by atoms with van der Waals surface area (Å²) in [7, 11) is 0. The molecule has 0 fully saturated rings. The van der Waals surface area contributed by atoms with Gasteiger partial charge in [-0.15, -0.1) is 11.3 Å². The molecular formula is C17H15N3O4S. The van der Waals surface area contributed by atoms with Gasteiger partial charge in [0.15, 0.2) is 11.6 Å². The highest BCUT2D eigenvalue weighted by molar-refractivity contribution is 7.13. The van der Waals surface area contributed by atoms with E-state index in [1.54, 1.807) is 24.5 Å². The number of hydrogen-bond acceptors (Lipinski definition) is 6. The van der Waals surface area contributed by atoms with Crippen molar-refractivity contribution in [3.05, 3.63) is 61.9 Å². The van der Waals surface area contributed by atoms with Crippen LogP contribution in [0.4, 0.5) is 0 Å². The lowest BCUT2D eigenvalue weighted by atomic mass is 10.1. The van der Waals surface area contributed by atoms with Crippen LogP contribution in [0.5, 0.6) is 0 Å². The molecule has 0 unspecified atom stereocenters. The molecule has 3 aromatic rings. The van der Waals surface area contributed by atoms with Gasteiger partial charge in [0.1, 0.15) is 4.88 Å². The third-order valence-corrected chi connectivity index (χ3v) is 5.21. The van der Waals surface area contributed by atoms with Gasteiger partial charge in [0.2, 0.25) is 0 Å². The van der Waals surface area contributed by atoms with Crippen LogP contribution >= 0.6 is 11.3 Å². The van der Waals surface area contributed by atoms with Crippen LogP contribution in [0.3, 0.4) is 0 Å². The fourth-order valence-electron chi connectivity index (χ4n) is 2.94. The van der Waals surface area contributed by atoms with E-state index in [1.165, 1.54) is 11.3 Å². The van der Waals surface area contributed by atoms with E-state index in [-0.39, 0.29) is 5.56 Å². The molecule has 2 N–H and O–H groups in total. The fourth-order valence-corrected chi connectivity index (χ4v) is 3.83. The second-order valence-electron chi connectivity index (χ2n) is 5.85. The minimum Gasteiger partial charge on any atom is -0.477 e. The standard InChI is InChI=1S/C17H15N3O4S/c21-16-11-9-20(8-10-3-4-14(25-10)17(22)23)6-5-12(11)18-15(19-16)13-2-1-7-24-13/h1-4,7H,5-6,8-9H2,(H,22,23)(H,18,19,21). The number of hydrogen-bond donors (Lipinski definition) is 2. The minimum atomic E-state index is -0.911. The lowest BCUT2D eigenvalue weighted by Crippen LogP contribution is -2.35. The predicted molar refractivity (Wildman–Crippen MR) is 91.7 cm³/mol. The number of nitrogens with one attached hydrogen (secondary N) is 1. The molecule has 0 amide bonds. The molecule has 3 aromatic heterocycles. The molecule has 1 aliphatic heterocycles. The molecule has 0 radical (unpaired) electrons. The Morgan fingerprint density at radius 2 is 2.28 bits per heavy atom. The molecule has 0 saturated carbocycles. The average Bonchev–Trinajstić information content (AvgIpc) is 3.27. The van der Waals surface area contributed by atoms with Crippen molar-refractivity contribution in [2.45, 2.75) is 19.5 Å². The van der Waals surface area contributed by atoms with Crippen LogP contribution < -0.4 is 5.56 Å². The Bertz CT molecular complexity index is 974. The summed E-state index contributed by atoms with van der Waals surface area (Å²) in [5, 5.41) is 9.01. The first-order valence-corrected chi connectivity index (χ1v) is 8.62. The zero-order chi connectivity index (χ0) is 17.4. The van der Waals surface area contributed by atoms with E-state index >= 15 is 0 Å². The third-order valence-electron chi connectivity index (χ3n) is 4.15. The number of carboxylic acids is 1. The maximum absolute atomic E-state index is 12.4. The fraction of sp³-hybridized carbons (Fsp3) is 0.235. The van der Waals surface area contributed by atoms with Crippen molar-refractivity contribution in [2.75, 3.05) is 6.54 Å². The Morgan fingerprint density at radius 3 is 3.00 bits per heavy atom. The molecule has 0 aliphatic carbocycles. The number of rotatable bonds is 4. The van der Waals surface area contributed by atoms with Gasteiger partial charge in [0.25, 0.3) is 5.56 Å². The highest BCUT2D eigenvalue weighted by Crippen LogP contribution is 2.23. The molecule has 0 saturated heterocycles. The lowest BCUT2D eigenvalue weighted by Gasteiger charge is -2.27. The largest absolute Gasteiger partial charge is 0.477 e. The Hall–Kier alpha value is -2.71. The maximum Gasteiger partial charge on any atom is 0.345 e. The van der Waals surface area contributed by atoms with Crippen LogP contribution in [0, 0.1) is 0 Å². The van der Waals surface area contributed by atoms with E-state index in [0.717, 1.165) is 17.1 Å². The number of aromatic amines is 1. The van der Waals surface area contributed by atoms with Crippen LogP contribution in [0.1, 0.15) is 25.8 Å². The Labute approximate surface area is 146 Å². The number of carboxylic acid groups (broad SMARTS) is 1. The molecule has 128 valence electrons. The number of thiophene rings is 1. The highest BCUT2D eigenvalue weighted by Gasteiger charge is 2.22. The van der Waals surface area contributed by atoms with Gasteiger partial charge in [0, 0.05) is 30.9 Å². The molecule has 8 heteroatoms. The number of aromatic nitrogens is 2. The summed E-state index contributed by atoms with van der Waals surface area (Å²) < 4.78 is 5.30. The number of furan rings is 1. The number of aromatic carboxylic acids is 1. The van der Waals surface area contributed by atoms with Gasteiger partial charge in [0.05, 0.1) is 17.5 Å². The van der Waals surface area contributed by atoms with Crippen LogP contribution in [0.2, 0.25) is 0 Å². The van der Waals surface area contributed by atoms with Crippen LogP contribution in [-0.2, 0) is 19.5 Å². The van der Waals surface area contributed by atoms with Crippen molar-refractivity contribution in [2.24, 2.45) is 0 Å². The van der Waals surface area contributed by atoms with Crippen LogP contribution in [0.15, 0.2) is 39.7 Å². The quantitative estimate of drug-likeness (QED) is 0.743. The monoisotopic (exact) mass is 357 g/mol. The Balaban J connectivity index is 1.55. The molecule has 0 aromatic carbocycles. The van der Waals surface area contributed by atoms with E-state index in [1.807, 2.05) is 6.07 Å². The molecule has 0 atom stereocenters. The molecule has 4 heterocycles. The van der Waals surface area contributed by atoms with Gasteiger partial charge in [-0.25, -0.2) is 9.78 Å². The molecule has 7 nitrogen and oxygen atoms in total. The van der Waals surface area contributed by atoms with Gasteiger partial charge in [-0.1, -0.05) is 0 Å². The summed E-state index contributed by atoms with van der Waals surface area (Å²) >= 11 is 1.27. The van der Waals surface area contributed by atoms with Crippen molar-refractivity contribution in [1.29, 1.82) is 0 Å². The van der Waals surface area contributed by atoms with Crippen molar-refractivity contribution in [3.8, 4) is 11.6 Å². The summed E-state index contributed by atoms with van der Waals surface area (Å²) in [6, 6.07) is 6.95. The summed E-state index contributed by atoms with van der Waals surface area (Å²) in [5.74, 6) is 0.0833. The summed E-state index contributed by atoms with van der Waals surface area (Å²) in [5.41, 5.74) is 1.30. The van der Waals surface area contributed by atoms with E-state index in [9.17, 15) is 9.59 Å². The van der Waals surface area contributed by atoms with Gasteiger partial charge < -0.3 is 14.5 Å². The van der Waals surface area contributed by atoms with E-state index in [2.05, 4.69) is 14.9 Å². The van der Waals surface area contributed by atoms with E-state index < -0.39 is 5.97 Å². The smallest absolute Gasteiger partial charge is 0.345 e. The van der Waals surface area contributed by atoms with Gasteiger partial charge >= 0.3 is 5.97 Å². The second-order valence-corrected chi connectivity index (χ2v) is 7.02. The van der Waals surface area contributed by atoms with Crippen molar-refractivity contribution in [3.63, 3.8) is 0 Å². The van der Waals surface area contributed by atoms with Crippen LogP contribution in [0.25, 0.3) is 11.6 Å². The lowest BCUT2D eigenvalue weighted by molar-refractivity contribution is 0.0702. The zero-order valence-electron chi connectivity index (χ0n) is 13.2. The van der Waals surface area contributed by atoms with Gasteiger partial charge in [-0.2, -0.15) is 0 Å². The van der Waals surface area contributed by atoms with Gasteiger partial charge in [-0.05, 0) is 24.3 Å². The predicted octanol–water partition coefficient (Wildman–Crippen LogP) is 2.35. The van der Waals surface area contributed by atoms with E-state index in [0.29, 0.717) is 41.5 Å². The molecule has 1 aliphatic rings. The molecule has 0 spiro atoms. The molecule has 0 bridgehead atoms. The molecule has 4 rings (SSSR count). The number of H-pyrrole nitrogens is 1. The average molecular weight is 357 g/mol. The van der Waals surface area contributed by atoms with Crippen LogP contribution in [-0.4, -0.2) is 32.5 Å². The summed E-state index contributed by atoms with van der Waals surface area (Å²) in [4.78, 5) is 34.2. The Morgan fingerprint density at radius 1 is 1.40 bits per heavy atom. The minimum absolute atomic E-state index is 0.154. The summed E-state index contributed by atoms with van der Waals surface area (Å²) in [6.07, 6.45) is 2.22. The third kappa shape index (κ3) is 3.13. The second kappa shape index (κ2) is 6.30. The first kappa shape index (κ1) is 15.8. The number of nitrogens with zero attached hydrogens (tertiary/aromatic N) is 2. The Kier molecular flexibility index (Phi) is 3.98. The number of fused-ring (bicyclic) bond motifs is 1. The molecular weight excluding hydrogens is 342 g/mol. The van der Waals surface area contributed by atoms with E-state index in [4.69, 9.17) is 9.52 Å². The SMILES string of the molecule is O=C(O)c1ccc(CN2CCc3nc(-c4ccco4)[nH]c(=O)c3C2)s1. The summed E-state index contributed by atoms with van der Waals surface area (Å²) in [6.45, 7) is 1.88. The highest BCUT2D eigenvalue weighted by atomic mass is 32.1. The van der Waals surface area contributed by atoms with Crippen molar-refractivity contribution in [1.82, 2.24) is 14.9 Å². The van der Waals surface area contributed by atoms with Crippen molar-refractivity contribution < 1.29 is 14.3 Å². The van der Waals surface area contributed by atoms with Gasteiger partial charge in [-0.3, -0.25) is 9.69 Å². The molecule has 25 heavy (non-hydrogen) atoms. The maximum atomic E-state index is 12.4.